The molecule has 2 aromatic carbocycles. The maximum absolute atomic E-state index is 12.1. The number of hydrogen-bond acceptors (Lipinski definition) is 4. The fourth-order valence-electron chi connectivity index (χ4n) is 2.92. The average Bonchev–Trinajstić information content (AvgIpc) is 3.02. The van der Waals surface area contributed by atoms with Crippen LogP contribution < -0.4 is 0 Å². The molecule has 1 aromatic heterocycles. The first-order chi connectivity index (χ1) is 11.6. The molecular weight excluding hydrogens is 308 g/mol. The number of aromatic amines is 1. The summed E-state index contributed by atoms with van der Waals surface area (Å²) in [6.07, 6.45) is 0. The zero-order valence-electron chi connectivity index (χ0n) is 13.0. The van der Waals surface area contributed by atoms with Gasteiger partial charge in [0.1, 0.15) is 5.92 Å². The Morgan fingerprint density at radius 2 is 1.79 bits per heavy atom. The molecule has 3 rings (SSSR count). The van der Waals surface area contributed by atoms with Crippen molar-refractivity contribution in [1.82, 2.24) is 4.98 Å². The first kappa shape index (κ1) is 15.7. The van der Waals surface area contributed by atoms with Gasteiger partial charge in [-0.2, -0.15) is 0 Å². The average molecular weight is 324 g/mol. The zero-order chi connectivity index (χ0) is 17.1. The van der Waals surface area contributed by atoms with E-state index in [2.05, 4.69) is 9.72 Å². The van der Waals surface area contributed by atoms with Crippen molar-refractivity contribution in [2.75, 3.05) is 7.11 Å². The molecule has 2 atom stereocenters. The van der Waals surface area contributed by atoms with Crippen molar-refractivity contribution in [1.29, 1.82) is 0 Å². The molecule has 6 nitrogen and oxygen atoms in total. The Bertz CT molecular complexity index is 840. The first-order valence-electron chi connectivity index (χ1n) is 7.45. The Hall–Kier alpha value is -3.15. The summed E-state index contributed by atoms with van der Waals surface area (Å²) in [5.41, 5.74) is 2.14. The largest absolute Gasteiger partial charge is 0.464 e. The van der Waals surface area contributed by atoms with Crippen LogP contribution in [-0.2, 0) is 9.53 Å². The lowest BCUT2D eigenvalue weighted by molar-refractivity contribution is -0.512. The third kappa shape index (κ3) is 2.86. The number of H-pyrrole nitrogens is 1. The molecule has 1 N–H and O–H groups in total. The molecule has 0 fully saturated rings. The van der Waals surface area contributed by atoms with Crippen molar-refractivity contribution in [3.05, 3.63) is 82.0 Å². The summed E-state index contributed by atoms with van der Waals surface area (Å²) in [6, 6.07) is 16.8. The molecule has 0 unspecified atom stereocenters. The zero-order valence-corrected chi connectivity index (χ0v) is 13.0. The maximum Gasteiger partial charge on any atom is 0.382 e. The van der Waals surface area contributed by atoms with E-state index in [1.165, 1.54) is 0 Å². The number of rotatable bonds is 5. The van der Waals surface area contributed by atoms with Gasteiger partial charge in [-0.3, -0.25) is 10.1 Å². The van der Waals surface area contributed by atoms with Gasteiger partial charge in [0.15, 0.2) is 0 Å². The minimum absolute atomic E-state index is 0.588. The van der Waals surface area contributed by atoms with Gasteiger partial charge in [-0.1, -0.05) is 48.5 Å². The van der Waals surface area contributed by atoms with E-state index in [1.807, 2.05) is 36.4 Å². The molecule has 1 heterocycles. The topological polar surface area (TPSA) is 85.2 Å². The number of nitrogens with one attached hydrogen (secondary N) is 1. The number of fused-ring (bicyclic) bond motifs is 1. The summed E-state index contributed by atoms with van der Waals surface area (Å²) >= 11 is 0. The van der Waals surface area contributed by atoms with Gasteiger partial charge in [0.25, 0.3) is 0 Å². The predicted octanol–water partition coefficient (Wildman–Crippen LogP) is 3.12. The number of carbonyl (C=O) groups excluding carboxylic acids is 1. The molecule has 24 heavy (non-hydrogen) atoms. The number of aromatic nitrogens is 1. The van der Waals surface area contributed by atoms with Gasteiger partial charge in [0.2, 0.25) is 0 Å². The number of hydrogen-bond donors (Lipinski definition) is 1. The second-order valence-electron chi connectivity index (χ2n) is 5.45. The summed E-state index contributed by atoms with van der Waals surface area (Å²) in [5, 5.41) is 12.5. The van der Waals surface area contributed by atoms with E-state index in [-0.39, 0.29) is 0 Å². The normalized spacial score (nSPS) is 13.4. The van der Waals surface area contributed by atoms with E-state index in [4.69, 9.17) is 0 Å². The van der Waals surface area contributed by atoms with E-state index in [0.717, 1.165) is 18.0 Å². The molecule has 0 aliphatic heterocycles. The molecule has 0 aliphatic carbocycles. The number of methoxy groups -OCH3 is 1. The summed E-state index contributed by atoms with van der Waals surface area (Å²) in [6.45, 7) is 0. The Morgan fingerprint density at radius 3 is 2.42 bits per heavy atom. The van der Waals surface area contributed by atoms with E-state index in [1.54, 1.807) is 24.3 Å². The number of nitro groups is 1. The van der Waals surface area contributed by atoms with Gasteiger partial charge >= 0.3 is 12.0 Å². The molecule has 0 aliphatic rings. The lowest BCUT2D eigenvalue weighted by Crippen LogP contribution is -2.37. The highest BCUT2D eigenvalue weighted by Gasteiger charge is 2.42. The highest BCUT2D eigenvalue weighted by atomic mass is 16.6. The maximum atomic E-state index is 12.1. The van der Waals surface area contributed by atoms with Crippen molar-refractivity contribution in [2.45, 2.75) is 12.0 Å². The third-order valence-electron chi connectivity index (χ3n) is 4.03. The van der Waals surface area contributed by atoms with Crippen LogP contribution >= 0.6 is 0 Å². The summed E-state index contributed by atoms with van der Waals surface area (Å²) < 4.78 is 4.68. The van der Waals surface area contributed by atoms with Crippen LogP contribution in [0, 0.1) is 10.1 Å². The van der Waals surface area contributed by atoms with E-state index in [9.17, 15) is 14.9 Å². The van der Waals surface area contributed by atoms with Crippen LogP contribution in [-0.4, -0.2) is 29.0 Å². The van der Waals surface area contributed by atoms with Crippen LogP contribution in [0.1, 0.15) is 17.2 Å². The van der Waals surface area contributed by atoms with Gasteiger partial charge in [0, 0.05) is 16.1 Å². The quantitative estimate of drug-likeness (QED) is 0.444. The fourth-order valence-corrected chi connectivity index (χ4v) is 2.92. The van der Waals surface area contributed by atoms with Gasteiger partial charge in [-0.15, -0.1) is 0 Å². The van der Waals surface area contributed by atoms with Crippen molar-refractivity contribution >= 4 is 16.9 Å². The molecule has 0 bridgehead atoms. The molecule has 0 saturated carbocycles. The summed E-state index contributed by atoms with van der Waals surface area (Å²) in [7, 11) is 1.16. The van der Waals surface area contributed by atoms with Crippen LogP contribution in [0.2, 0.25) is 0 Å². The van der Waals surface area contributed by atoms with Gasteiger partial charge in [0.05, 0.1) is 7.11 Å². The number of nitrogens with zero attached hydrogens (tertiary/aromatic N) is 1. The van der Waals surface area contributed by atoms with Crippen LogP contribution in [0.15, 0.2) is 60.7 Å². The van der Waals surface area contributed by atoms with Crippen molar-refractivity contribution in [3.63, 3.8) is 0 Å². The molecule has 3 aromatic rings. The standard InChI is InChI=1S/C18H16N2O4/c1-24-18(21)17(20(22)23)16(12-7-3-2-4-8-12)15-11-13-9-5-6-10-14(13)19-15/h2-11,16-17,19H,1H3/t16-,17+/m1/s1. The number of esters is 1. The van der Waals surface area contributed by atoms with Gasteiger partial charge in [-0.25, -0.2) is 4.79 Å². The van der Waals surface area contributed by atoms with Crippen molar-refractivity contribution < 1.29 is 14.5 Å². The molecule has 0 saturated heterocycles. The van der Waals surface area contributed by atoms with E-state index in [0.29, 0.717) is 11.3 Å². The van der Waals surface area contributed by atoms with Crippen LogP contribution in [0.25, 0.3) is 10.9 Å². The van der Waals surface area contributed by atoms with E-state index >= 15 is 0 Å². The Kier molecular flexibility index (Phi) is 4.29. The highest BCUT2D eigenvalue weighted by molar-refractivity contribution is 5.82. The second kappa shape index (κ2) is 6.54. The number of carbonyl (C=O) groups is 1. The number of benzene rings is 2. The Labute approximate surface area is 138 Å². The Balaban J connectivity index is 2.17. The van der Waals surface area contributed by atoms with Crippen LogP contribution in [0.4, 0.5) is 0 Å². The Morgan fingerprint density at radius 1 is 1.12 bits per heavy atom. The molecule has 0 radical (unpaired) electrons. The number of para-hydroxylation sites is 1. The van der Waals surface area contributed by atoms with E-state index < -0.39 is 22.9 Å². The lowest BCUT2D eigenvalue weighted by atomic mass is 9.88. The minimum atomic E-state index is -1.52. The lowest BCUT2D eigenvalue weighted by Gasteiger charge is -2.18. The fraction of sp³-hybridized carbons (Fsp3) is 0.167. The smallest absolute Gasteiger partial charge is 0.382 e. The van der Waals surface area contributed by atoms with Gasteiger partial charge in [-0.05, 0) is 23.1 Å². The molecule has 0 spiro atoms. The van der Waals surface area contributed by atoms with Gasteiger partial charge < -0.3 is 9.72 Å². The minimum Gasteiger partial charge on any atom is -0.464 e. The first-order valence-corrected chi connectivity index (χ1v) is 7.45. The van der Waals surface area contributed by atoms with Crippen LogP contribution in [0.3, 0.4) is 0 Å². The summed E-state index contributed by atoms with van der Waals surface area (Å²) in [5.74, 6) is -1.63. The van der Waals surface area contributed by atoms with Crippen LogP contribution in [0.5, 0.6) is 0 Å². The van der Waals surface area contributed by atoms with Crippen molar-refractivity contribution in [3.8, 4) is 0 Å². The number of ether oxygens (including phenoxy) is 1. The monoisotopic (exact) mass is 324 g/mol. The highest BCUT2D eigenvalue weighted by Crippen LogP contribution is 2.32. The predicted molar refractivity (Wildman–Crippen MR) is 89.4 cm³/mol. The van der Waals surface area contributed by atoms with Crippen molar-refractivity contribution in [2.24, 2.45) is 0 Å². The SMILES string of the molecule is COC(=O)[C@H]([C@H](c1ccccc1)c1cc2ccccc2[nH]1)[N+](=O)[O-]. The molecular formula is C18H16N2O4. The molecule has 6 heteroatoms. The third-order valence-corrected chi connectivity index (χ3v) is 4.03. The molecule has 122 valence electrons. The summed E-state index contributed by atoms with van der Waals surface area (Å²) in [4.78, 5) is 26.3. The molecule has 0 amide bonds. The second-order valence-corrected chi connectivity index (χ2v) is 5.45.